The number of benzene rings is 2. The van der Waals surface area contributed by atoms with Gasteiger partial charge in [-0.2, -0.15) is 0 Å². The monoisotopic (exact) mass is 377 g/mol. The molecule has 0 spiro atoms. The second kappa shape index (κ2) is 8.99. The van der Waals surface area contributed by atoms with Crippen LogP contribution < -0.4 is 10.6 Å². The molecule has 2 aromatic carbocycles. The Bertz CT molecular complexity index is 950. The van der Waals surface area contributed by atoms with Gasteiger partial charge in [-0.3, -0.25) is 9.59 Å². The molecule has 1 unspecified atom stereocenters. The van der Waals surface area contributed by atoms with Crippen molar-refractivity contribution in [3.63, 3.8) is 0 Å². The maximum absolute atomic E-state index is 12.7. The molecule has 2 amide bonds. The fourth-order valence-electron chi connectivity index (χ4n) is 2.74. The van der Waals surface area contributed by atoms with E-state index >= 15 is 0 Å². The summed E-state index contributed by atoms with van der Waals surface area (Å²) in [5.74, 6) is 0.412. The lowest BCUT2D eigenvalue weighted by molar-refractivity contribution is -0.122. The Labute approximate surface area is 164 Å². The van der Waals surface area contributed by atoms with E-state index < -0.39 is 6.04 Å². The van der Waals surface area contributed by atoms with E-state index in [-0.39, 0.29) is 11.8 Å². The van der Waals surface area contributed by atoms with Gasteiger partial charge in [0, 0.05) is 17.7 Å². The minimum absolute atomic E-state index is 0.213. The molecule has 6 heteroatoms. The van der Waals surface area contributed by atoms with Gasteiger partial charge in [-0.15, -0.1) is 0 Å². The largest absolute Gasteiger partial charge is 0.436 e. The molecule has 1 aromatic heterocycles. The lowest BCUT2D eigenvalue weighted by Crippen LogP contribution is -2.45. The molecular formula is C22H23N3O3. The second-order valence-corrected chi connectivity index (χ2v) is 6.43. The van der Waals surface area contributed by atoms with Gasteiger partial charge in [0.25, 0.3) is 5.91 Å². The van der Waals surface area contributed by atoms with Crippen LogP contribution in [0.25, 0.3) is 22.8 Å². The van der Waals surface area contributed by atoms with E-state index in [4.69, 9.17) is 4.42 Å². The topological polar surface area (TPSA) is 84.2 Å². The van der Waals surface area contributed by atoms with Crippen LogP contribution in [0, 0.1) is 0 Å². The number of hydrogen-bond acceptors (Lipinski definition) is 4. The highest BCUT2D eigenvalue weighted by Gasteiger charge is 2.20. The highest BCUT2D eigenvalue weighted by atomic mass is 16.4. The number of aromatic nitrogens is 1. The molecule has 144 valence electrons. The van der Waals surface area contributed by atoms with Crippen molar-refractivity contribution in [1.29, 1.82) is 0 Å². The molecule has 3 rings (SSSR count). The predicted octanol–water partition coefficient (Wildman–Crippen LogP) is 3.65. The van der Waals surface area contributed by atoms with Crippen LogP contribution in [0.3, 0.4) is 0 Å². The molecule has 0 saturated carbocycles. The summed E-state index contributed by atoms with van der Waals surface area (Å²) in [5.41, 5.74) is 1.88. The van der Waals surface area contributed by atoms with E-state index in [1.54, 1.807) is 31.3 Å². The third kappa shape index (κ3) is 4.46. The maximum Gasteiger partial charge on any atom is 0.252 e. The van der Waals surface area contributed by atoms with Crippen LogP contribution in [0.4, 0.5) is 0 Å². The third-order valence-electron chi connectivity index (χ3n) is 4.26. The standard InChI is InChI=1S/C22H23N3O3/c1-3-13-23-20(26)15(2)25-21(27)17-11-7-8-12-18(17)22-24-14-19(28-22)16-9-5-4-6-10-16/h4-12,14-15H,3,13H2,1-2H3,(H,23,26)(H,25,27). The number of oxazole rings is 1. The number of amides is 2. The highest BCUT2D eigenvalue weighted by Crippen LogP contribution is 2.28. The summed E-state index contributed by atoms with van der Waals surface area (Å²) in [6, 6.07) is 16.0. The molecular weight excluding hydrogens is 354 g/mol. The SMILES string of the molecule is CCCNC(=O)C(C)NC(=O)c1ccccc1-c1ncc(-c2ccccc2)o1. The van der Waals surface area contributed by atoms with Crippen LogP contribution >= 0.6 is 0 Å². The van der Waals surface area contributed by atoms with E-state index in [2.05, 4.69) is 15.6 Å². The molecule has 0 aliphatic carbocycles. The molecule has 0 fully saturated rings. The van der Waals surface area contributed by atoms with Gasteiger partial charge < -0.3 is 15.1 Å². The Morgan fingerprint density at radius 3 is 2.54 bits per heavy atom. The summed E-state index contributed by atoms with van der Waals surface area (Å²) < 4.78 is 5.88. The van der Waals surface area contributed by atoms with Crippen LogP contribution in [0.5, 0.6) is 0 Å². The molecule has 0 aliphatic heterocycles. The van der Waals surface area contributed by atoms with Crippen molar-refractivity contribution in [3.05, 3.63) is 66.4 Å². The van der Waals surface area contributed by atoms with E-state index in [0.717, 1.165) is 12.0 Å². The van der Waals surface area contributed by atoms with Crippen molar-refractivity contribution in [2.24, 2.45) is 0 Å². The van der Waals surface area contributed by atoms with Crippen molar-refractivity contribution in [1.82, 2.24) is 15.6 Å². The Kier molecular flexibility index (Phi) is 6.22. The first-order valence-corrected chi connectivity index (χ1v) is 9.29. The Balaban J connectivity index is 1.81. The first-order chi connectivity index (χ1) is 13.6. The predicted molar refractivity (Wildman–Crippen MR) is 108 cm³/mol. The van der Waals surface area contributed by atoms with Crippen molar-refractivity contribution >= 4 is 11.8 Å². The molecule has 0 bridgehead atoms. The maximum atomic E-state index is 12.7. The Morgan fingerprint density at radius 1 is 1.07 bits per heavy atom. The Hall–Kier alpha value is -3.41. The summed E-state index contributed by atoms with van der Waals surface area (Å²) in [6.45, 7) is 4.21. The number of nitrogens with zero attached hydrogens (tertiary/aromatic N) is 1. The smallest absolute Gasteiger partial charge is 0.252 e. The molecule has 3 aromatic rings. The molecule has 6 nitrogen and oxygen atoms in total. The minimum atomic E-state index is -0.642. The van der Waals surface area contributed by atoms with Crippen molar-refractivity contribution in [3.8, 4) is 22.8 Å². The van der Waals surface area contributed by atoms with Gasteiger partial charge in [-0.05, 0) is 25.5 Å². The van der Waals surface area contributed by atoms with Gasteiger partial charge in [0.1, 0.15) is 6.04 Å². The van der Waals surface area contributed by atoms with Gasteiger partial charge in [0.05, 0.1) is 11.8 Å². The molecule has 1 atom stereocenters. The molecule has 0 radical (unpaired) electrons. The van der Waals surface area contributed by atoms with Gasteiger partial charge in [0.15, 0.2) is 5.76 Å². The van der Waals surface area contributed by atoms with E-state index in [1.807, 2.05) is 43.3 Å². The minimum Gasteiger partial charge on any atom is -0.436 e. The zero-order chi connectivity index (χ0) is 19.9. The number of carbonyl (C=O) groups is 2. The van der Waals surface area contributed by atoms with Gasteiger partial charge in [0.2, 0.25) is 11.8 Å². The van der Waals surface area contributed by atoms with Crippen molar-refractivity contribution in [2.75, 3.05) is 6.54 Å². The first-order valence-electron chi connectivity index (χ1n) is 9.29. The fraction of sp³-hybridized carbons (Fsp3) is 0.227. The van der Waals surface area contributed by atoms with E-state index in [9.17, 15) is 9.59 Å². The number of hydrogen-bond donors (Lipinski definition) is 2. The summed E-state index contributed by atoms with van der Waals surface area (Å²) in [7, 11) is 0. The third-order valence-corrected chi connectivity index (χ3v) is 4.26. The normalized spacial score (nSPS) is 11.6. The van der Waals surface area contributed by atoms with E-state index in [1.165, 1.54) is 0 Å². The molecule has 2 N–H and O–H groups in total. The summed E-state index contributed by atoms with van der Waals surface area (Å²) in [4.78, 5) is 29.1. The lowest BCUT2D eigenvalue weighted by Gasteiger charge is -2.14. The summed E-state index contributed by atoms with van der Waals surface area (Å²) >= 11 is 0. The van der Waals surface area contributed by atoms with Crippen LogP contribution in [0.2, 0.25) is 0 Å². The highest BCUT2D eigenvalue weighted by molar-refractivity contribution is 6.02. The average Bonchev–Trinajstić information content (AvgIpc) is 3.22. The van der Waals surface area contributed by atoms with Crippen molar-refractivity contribution in [2.45, 2.75) is 26.3 Å². The zero-order valence-electron chi connectivity index (χ0n) is 15.9. The van der Waals surface area contributed by atoms with Crippen LogP contribution in [-0.4, -0.2) is 29.4 Å². The molecule has 28 heavy (non-hydrogen) atoms. The molecule has 0 aliphatic rings. The lowest BCUT2D eigenvalue weighted by atomic mass is 10.1. The molecule has 1 heterocycles. The van der Waals surface area contributed by atoms with Crippen molar-refractivity contribution < 1.29 is 14.0 Å². The van der Waals surface area contributed by atoms with Gasteiger partial charge in [-0.25, -0.2) is 4.98 Å². The number of carbonyl (C=O) groups excluding carboxylic acids is 2. The first kappa shape index (κ1) is 19.4. The summed E-state index contributed by atoms with van der Waals surface area (Å²) in [6.07, 6.45) is 2.48. The number of rotatable bonds is 7. The van der Waals surface area contributed by atoms with Gasteiger partial charge >= 0.3 is 0 Å². The number of nitrogens with one attached hydrogen (secondary N) is 2. The Morgan fingerprint density at radius 2 is 1.79 bits per heavy atom. The van der Waals surface area contributed by atoms with Gasteiger partial charge in [-0.1, -0.05) is 49.4 Å². The van der Waals surface area contributed by atoms with Crippen LogP contribution in [-0.2, 0) is 4.79 Å². The quantitative estimate of drug-likeness (QED) is 0.658. The average molecular weight is 377 g/mol. The summed E-state index contributed by atoms with van der Waals surface area (Å²) in [5, 5.41) is 5.51. The molecule has 0 saturated heterocycles. The zero-order valence-corrected chi connectivity index (χ0v) is 15.9. The van der Waals surface area contributed by atoms with Crippen LogP contribution in [0.15, 0.2) is 65.2 Å². The van der Waals surface area contributed by atoms with E-state index in [0.29, 0.717) is 29.3 Å². The van der Waals surface area contributed by atoms with Crippen LogP contribution in [0.1, 0.15) is 30.6 Å². The second-order valence-electron chi connectivity index (χ2n) is 6.43. The fourth-order valence-corrected chi connectivity index (χ4v) is 2.74.